The zero-order valence-corrected chi connectivity index (χ0v) is 15.8. The Morgan fingerprint density at radius 3 is 2.60 bits per heavy atom. The van der Waals surface area contributed by atoms with Crippen LogP contribution in [0.15, 0.2) is 17.1 Å². The van der Waals surface area contributed by atoms with E-state index in [0.29, 0.717) is 12.8 Å². The predicted octanol–water partition coefficient (Wildman–Crippen LogP) is 2.75. The molecule has 0 spiro atoms. The number of carbonyl (C=O) groups is 1. The molecule has 3 fully saturated rings. The fraction of sp³-hybridized carbons (Fsp3) is 0.500. The van der Waals surface area contributed by atoms with Crippen LogP contribution in [-0.4, -0.2) is 47.2 Å². The first-order valence-electron chi connectivity index (χ1n) is 9.85. The molecular weight excluding hydrogens is 406 g/mol. The fourth-order valence-electron chi connectivity index (χ4n) is 4.75. The number of aromatic carboxylic acids is 1. The minimum atomic E-state index is -2.93. The molecule has 1 aromatic carbocycles. The van der Waals surface area contributed by atoms with Crippen LogP contribution in [0.5, 0.6) is 0 Å². The van der Waals surface area contributed by atoms with Gasteiger partial charge in [-0.15, -0.1) is 0 Å². The smallest absolute Gasteiger partial charge is 0.341 e. The molecule has 1 aromatic heterocycles. The third-order valence-corrected chi connectivity index (χ3v) is 6.40. The molecule has 2 N–H and O–H groups in total. The second-order valence-corrected chi connectivity index (χ2v) is 8.32. The van der Waals surface area contributed by atoms with E-state index in [1.54, 1.807) is 0 Å². The van der Waals surface area contributed by atoms with Gasteiger partial charge in [0.2, 0.25) is 5.43 Å². The van der Waals surface area contributed by atoms with Gasteiger partial charge in [0.05, 0.1) is 16.8 Å². The Bertz CT molecular complexity index is 1130. The number of halogens is 4. The largest absolute Gasteiger partial charge is 0.477 e. The van der Waals surface area contributed by atoms with E-state index in [-0.39, 0.29) is 43.0 Å². The summed E-state index contributed by atoms with van der Waals surface area (Å²) in [5.74, 6) is -7.56. The third kappa shape index (κ3) is 2.80. The lowest BCUT2D eigenvalue weighted by Gasteiger charge is -2.33. The Kier molecular flexibility index (Phi) is 4.15. The van der Waals surface area contributed by atoms with Crippen LogP contribution in [0, 0.1) is 17.6 Å². The number of piperidine rings is 1. The molecule has 2 aromatic rings. The van der Waals surface area contributed by atoms with Gasteiger partial charge >= 0.3 is 5.97 Å². The molecule has 5 rings (SSSR count). The molecule has 0 radical (unpaired) electrons. The van der Waals surface area contributed by atoms with Gasteiger partial charge in [-0.1, -0.05) is 0 Å². The van der Waals surface area contributed by atoms with Crippen molar-refractivity contribution in [3.05, 3.63) is 39.7 Å². The molecule has 30 heavy (non-hydrogen) atoms. The predicted molar refractivity (Wildman–Crippen MR) is 100 cm³/mol. The van der Waals surface area contributed by atoms with Gasteiger partial charge in [-0.3, -0.25) is 4.79 Å². The topological polar surface area (TPSA) is 74.6 Å². The van der Waals surface area contributed by atoms with Crippen LogP contribution in [0.25, 0.3) is 10.9 Å². The molecule has 1 saturated carbocycles. The molecule has 2 unspecified atom stereocenters. The lowest BCUT2D eigenvalue weighted by atomic mass is 9.90. The first-order chi connectivity index (χ1) is 14.2. The summed E-state index contributed by atoms with van der Waals surface area (Å²) in [7, 11) is 0. The fourth-order valence-corrected chi connectivity index (χ4v) is 4.75. The number of anilines is 1. The summed E-state index contributed by atoms with van der Waals surface area (Å²) in [6, 6.07) is 0.0454. The Morgan fingerprint density at radius 1 is 1.23 bits per heavy atom. The van der Waals surface area contributed by atoms with Gasteiger partial charge in [0.15, 0.2) is 5.82 Å². The third-order valence-electron chi connectivity index (χ3n) is 6.40. The molecule has 1 aliphatic carbocycles. The second kappa shape index (κ2) is 6.44. The average Bonchev–Trinajstić information content (AvgIpc) is 3.41. The van der Waals surface area contributed by atoms with Gasteiger partial charge in [0, 0.05) is 44.3 Å². The van der Waals surface area contributed by atoms with Crippen molar-refractivity contribution in [3.63, 3.8) is 0 Å². The van der Waals surface area contributed by atoms with E-state index >= 15 is 4.39 Å². The Morgan fingerprint density at radius 2 is 1.97 bits per heavy atom. The number of nitrogens with zero attached hydrogens (tertiary/aromatic N) is 2. The van der Waals surface area contributed by atoms with Gasteiger partial charge < -0.3 is 19.9 Å². The Labute approximate surface area is 168 Å². The minimum Gasteiger partial charge on any atom is -0.477 e. The van der Waals surface area contributed by atoms with E-state index in [1.807, 2.05) is 0 Å². The van der Waals surface area contributed by atoms with Crippen LogP contribution in [0.4, 0.5) is 23.2 Å². The molecule has 0 bridgehead atoms. The highest BCUT2D eigenvalue weighted by Gasteiger charge is 2.52. The zero-order valence-electron chi connectivity index (χ0n) is 15.8. The molecular formula is C20H19F4N3O3. The average molecular weight is 425 g/mol. The molecule has 160 valence electrons. The monoisotopic (exact) mass is 425 g/mol. The van der Waals surface area contributed by atoms with Crippen LogP contribution in [0.1, 0.15) is 35.7 Å². The van der Waals surface area contributed by atoms with Crippen molar-refractivity contribution in [1.29, 1.82) is 0 Å². The van der Waals surface area contributed by atoms with Crippen molar-refractivity contribution >= 4 is 22.6 Å². The number of hydrogen-bond donors (Lipinski definition) is 2. The summed E-state index contributed by atoms with van der Waals surface area (Å²) in [6.45, 7) is -0.0742. The van der Waals surface area contributed by atoms with Gasteiger partial charge in [-0.05, 0) is 18.9 Å². The van der Waals surface area contributed by atoms with E-state index in [2.05, 4.69) is 5.32 Å². The van der Waals surface area contributed by atoms with Crippen LogP contribution < -0.4 is 15.6 Å². The summed E-state index contributed by atoms with van der Waals surface area (Å²) >= 11 is 0. The number of carboxylic acids is 1. The summed E-state index contributed by atoms with van der Waals surface area (Å²) in [4.78, 5) is 25.2. The van der Waals surface area contributed by atoms with E-state index in [9.17, 15) is 27.9 Å². The summed E-state index contributed by atoms with van der Waals surface area (Å²) in [5.41, 5.74) is -2.16. The molecule has 3 aliphatic rings. The lowest BCUT2D eigenvalue weighted by Crippen LogP contribution is -2.51. The minimum absolute atomic E-state index is 0.0144. The van der Waals surface area contributed by atoms with Crippen molar-refractivity contribution in [3.8, 4) is 0 Å². The van der Waals surface area contributed by atoms with Crippen LogP contribution in [0.3, 0.4) is 0 Å². The highest BCUT2D eigenvalue weighted by atomic mass is 19.3. The van der Waals surface area contributed by atoms with Crippen LogP contribution >= 0.6 is 0 Å². The molecule has 6 nitrogen and oxygen atoms in total. The number of benzene rings is 1. The zero-order chi connectivity index (χ0) is 21.4. The van der Waals surface area contributed by atoms with E-state index in [0.717, 1.165) is 12.3 Å². The maximum Gasteiger partial charge on any atom is 0.341 e. The first kappa shape index (κ1) is 19.3. The highest BCUT2D eigenvalue weighted by molar-refractivity contribution is 5.94. The number of aromatic nitrogens is 1. The normalized spacial score (nSPS) is 25.5. The summed E-state index contributed by atoms with van der Waals surface area (Å²) in [5, 5.41) is 11.9. The van der Waals surface area contributed by atoms with Crippen molar-refractivity contribution in [2.75, 3.05) is 24.5 Å². The Balaban J connectivity index is 1.68. The van der Waals surface area contributed by atoms with Crippen molar-refractivity contribution in [2.45, 2.75) is 37.3 Å². The molecule has 10 heteroatoms. The SMILES string of the molecule is O=C(O)c1cn(C2CC2)c2c(F)c(N3CC4NCCC(F)(F)C4C3)c(F)cc2c1=O. The molecule has 3 heterocycles. The molecule has 0 amide bonds. The van der Waals surface area contributed by atoms with Crippen molar-refractivity contribution in [1.82, 2.24) is 9.88 Å². The number of fused-ring (bicyclic) bond motifs is 2. The quantitative estimate of drug-likeness (QED) is 0.740. The Hall–Kier alpha value is -2.62. The molecule has 2 atom stereocenters. The van der Waals surface area contributed by atoms with Gasteiger partial charge in [-0.25, -0.2) is 22.4 Å². The van der Waals surface area contributed by atoms with Gasteiger partial charge in [0.25, 0.3) is 5.92 Å². The number of pyridine rings is 1. The number of nitrogens with one attached hydrogen (secondary N) is 1. The van der Waals surface area contributed by atoms with Crippen LogP contribution in [-0.2, 0) is 0 Å². The number of hydrogen-bond acceptors (Lipinski definition) is 4. The van der Waals surface area contributed by atoms with E-state index in [4.69, 9.17) is 0 Å². The second-order valence-electron chi connectivity index (χ2n) is 8.32. The number of alkyl halides is 2. The van der Waals surface area contributed by atoms with E-state index in [1.165, 1.54) is 9.47 Å². The standard InChI is InChI=1S/C20H19F4N3O3/c21-13-5-10-16(27(9-1-2-9)6-11(18(10)28)19(29)30)15(22)17(13)26-7-12-14(8-26)25-4-3-20(12,23)24/h5-6,9,12,14,25H,1-4,7-8H2,(H,29,30). The maximum absolute atomic E-state index is 15.6. The summed E-state index contributed by atoms with van der Waals surface area (Å²) in [6.07, 6.45) is 2.11. The lowest BCUT2D eigenvalue weighted by molar-refractivity contribution is -0.0811. The first-order valence-corrected chi connectivity index (χ1v) is 9.85. The maximum atomic E-state index is 15.6. The highest BCUT2D eigenvalue weighted by Crippen LogP contribution is 2.43. The number of carboxylic acid groups (broad SMARTS) is 1. The van der Waals surface area contributed by atoms with Crippen LogP contribution in [0.2, 0.25) is 0 Å². The van der Waals surface area contributed by atoms with Gasteiger partial charge in [0.1, 0.15) is 17.1 Å². The molecule has 2 aliphatic heterocycles. The van der Waals surface area contributed by atoms with Crippen molar-refractivity contribution in [2.24, 2.45) is 5.92 Å². The molecule has 2 saturated heterocycles. The van der Waals surface area contributed by atoms with Gasteiger partial charge in [-0.2, -0.15) is 0 Å². The van der Waals surface area contributed by atoms with Crippen molar-refractivity contribution < 1.29 is 27.5 Å². The number of rotatable bonds is 3. The summed E-state index contributed by atoms with van der Waals surface area (Å²) < 4.78 is 60.6. The van der Waals surface area contributed by atoms with E-state index < -0.39 is 52.2 Å².